The normalized spacial score (nSPS) is 11.0. The summed E-state index contributed by atoms with van der Waals surface area (Å²) in [4.78, 5) is 26.7. The molecular formula is C27H22N2O3S. The van der Waals surface area contributed by atoms with Crippen molar-refractivity contribution >= 4 is 34.9 Å². The van der Waals surface area contributed by atoms with Gasteiger partial charge in [-0.25, -0.2) is 0 Å². The van der Waals surface area contributed by atoms with Crippen LogP contribution in [-0.2, 0) is 4.79 Å². The summed E-state index contributed by atoms with van der Waals surface area (Å²) in [7, 11) is 0. The number of nitrogens with one attached hydrogen (secondary N) is 2. The molecule has 0 radical (unpaired) electrons. The van der Waals surface area contributed by atoms with Gasteiger partial charge in [0.15, 0.2) is 0 Å². The number of ether oxygens (including phenoxy) is 1. The van der Waals surface area contributed by atoms with E-state index in [9.17, 15) is 9.59 Å². The van der Waals surface area contributed by atoms with E-state index in [2.05, 4.69) is 10.6 Å². The smallest absolute Gasteiger partial charge is 0.272 e. The van der Waals surface area contributed by atoms with Crippen LogP contribution in [0.5, 0.6) is 11.5 Å². The van der Waals surface area contributed by atoms with Crippen LogP contribution >= 0.6 is 11.3 Å². The van der Waals surface area contributed by atoms with Crippen molar-refractivity contribution in [2.45, 2.75) is 6.92 Å². The number of thiophene rings is 1. The van der Waals surface area contributed by atoms with Crippen molar-refractivity contribution in [1.29, 1.82) is 0 Å². The van der Waals surface area contributed by atoms with Gasteiger partial charge in [0.25, 0.3) is 11.8 Å². The minimum Gasteiger partial charge on any atom is -0.457 e. The van der Waals surface area contributed by atoms with Crippen LogP contribution in [0.3, 0.4) is 0 Å². The zero-order chi connectivity index (χ0) is 23.0. The quantitative estimate of drug-likeness (QED) is 0.324. The third-order valence-electron chi connectivity index (χ3n) is 4.69. The molecule has 3 aromatic carbocycles. The summed E-state index contributed by atoms with van der Waals surface area (Å²) >= 11 is 1.48. The number of benzene rings is 3. The Morgan fingerprint density at radius 1 is 0.848 bits per heavy atom. The number of carbonyl (C=O) groups excluding carboxylic acids is 2. The topological polar surface area (TPSA) is 67.4 Å². The second-order valence-corrected chi connectivity index (χ2v) is 8.27. The van der Waals surface area contributed by atoms with Gasteiger partial charge in [-0.2, -0.15) is 0 Å². The van der Waals surface area contributed by atoms with E-state index in [0.29, 0.717) is 17.0 Å². The van der Waals surface area contributed by atoms with Crippen LogP contribution in [0.4, 0.5) is 5.69 Å². The van der Waals surface area contributed by atoms with Crippen molar-refractivity contribution in [2.75, 3.05) is 5.32 Å². The molecule has 4 rings (SSSR count). The van der Waals surface area contributed by atoms with Crippen LogP contribution < -0.4 is 15.4 Å². The minimum atomic E-state index is -0.416. The minimum absolute atomic E-state index is 0.161. The molecule has 0 saturated heterocycles. The molecule has 1 heterocycles. The van der Waals surface area contributed by atoms with Crippen molar-refractivity contribution < 1.29 is 14.3 Å². The molecule has 0 spiro atoms. The fourth-order valence-electron chi connectivity index (χ4n) is 3.08. The lowest BCUT2D eigenvalue weighted by Gasteiger charge is -2.12. The predicted octanol–water partition coefficient (Wildman–Crippen LogP) is 6.26. The van der Waals surface area contributed by atoms with Gasteiger partial charge in [0.05, 0.1) is 0 Å². The fraction of sp³-hybridized carbons (Fsp3) is 0.0370. The van der Waals surface area contributed by atoms with Gasteiger partial charge in [0, 0.05) is 16.1 Å². The third kappa shape index (κ3) is 6.18. The van der Waals surface area contributed by atoms with Gasteiger partial charge in [-0.3, -0.25) is 9.59 Å². The lowest BCUT2D eigenvalue weighted by Crippen LogP contribution is -2.30. The Morgan fingerprint density at radius 2 is 1.61 bits per heavy atom. The lowest BCUT2D eigenvalue weighted by molar-refractivity contribution is -0.113. The predicted molar refractivity (Wildman–Crippen MR) is 133 cm³/mol. The molecular weight excluding hydrogens is 432 g/mol. The van der Waals surface area contributed by atoms with Crippen molar-refractivity contribution in [3.63, 3.8) is 0 Å². The van der Waals surface area contributed by atoms with Gasteiger partial charge in [-0.1, -0.05) is 42.0 Å². The highest BCUT2D eigenvalue weighted by Crippen LogP contribution is 2.23. The van der Waals surface area contributed by atoms with Crippen molar-refractivity contribution in [3.05, 3.63) is 118 Å². The van der Waals surface area contributed by atoms with Crippen LogP contribution in [0, 0.1) is 6.92 Å². The summed E-state index contributed by atoms with van der Waals surface area (Å²) in [5, 5.41) is 7.51. The molecule has 0 atom stereocenters. The van der Waals surface area contributed by atoms with Crippen molar-refractivity contribution in [2.24, 2.45) is 0 Å². The molecule has 0 unspecified atom stereocenters. The largest absolute Gasteiger partial charge is 0.457 e. The van der Waals surface area contributed by atoms with Crippen LogP contribution in [-0.4, -0.2) is 11.8 Å². The number of aryl methyl sites for hydroxylation is 1. The molecule has 0 bridgehead atoms. The van der Waals surface area contributed by atoms with Crippen molar-refractivity contribution in [3.8, 4) is 11.5 Å². The van der Waals surface area contributed by atoms with E-state index in [1.165, 1.54) is 11.3 Å². The molecule has 0 fully saturated rings. The van der Waals surface area contributed by atoms with E-state index in [4.69, 9.17) is 4.74 Å². The zero-order valence-corrected chi connectivity index (χ0v) is 18.8. The maximum Gasteiger partial charge on any atom is 0.272 e. The Kier molecular flexibility index (Phi) is 6.97. The first-order valence-electron chi connectivity index (χ1n) is 10.3. The summed E-state index contributed by atoms with van der Waals surface area (Å²) in [6, 6.07) is 27.5. The molecule has 0 saturated carbocycles. The van der Waals surface area contributed by atoms with Gasteiger partial charge < -0.3 is 15.4 Å². The van der Waals surface area contributed by atoms with E-state index in [1.807, 2.05) is 66.9 Å². The monoisotopic (exact) mass is 454 g/mol. The summed E-state index contributed by atoms with van der Waals surface area (Å²) in [5.74, 6) is 0.625. The Hall–Kier alpha value is -4.16. The standard InChI is InChI=1S/C27H22N2O3S/c1-19-7-5-8-20(17-19)26(30)29-25(18-24-11-6-16-33-24)27(31)28-21-12-14-23(15-13-21)32-22-9-3-2-4-10-22/h2-18H,1H3,(H,28,31)(H,29,30)/b25-18-. The average Bonchev–Trinajstić information content (AvgIpc) is 3.34. The molecule has 4 aromatic rings. The van der Waals surface area contributed by atoms with E-state index >= 15 is 0 Å². The average molecular weight is 455 g/mol. The number of anilines is 1. The first-order chi connectivity index (χ1) is 16.1. The molecule has 164 valence electrons. The number of carbonyl (C=O) groups is 2. The van der Waals surface area contributed by atoms with Crippen LogP contribution in [0.2, 0.25) is 0 Å². The second-order valence-electron chi connectivity index (χ2n) is 7.29. The Morgan fingerprint density at radius 3 is 2.30 bits per heavy atom. The second kappa shape index (κ2) is 10.4. The highest BCUT2D eigenvalue weighted by molar-refractivity contribution is 7.10. The molecule has 0 aliphatic carbocycles. The van der Waals surface area contributed by atoms with Crippen molar-refractivity contribution in [1.82, 2.24) is 5.32 Å². The lowest BCUT2D eigenvalue weighted by atomic mass is 10.1. The van der Waals surface area contributed by atoms with E-state index in [1.54, 1.807) is 42.5 Å². The molecule has 1 aromatic heterocycles. The number of rotatable bonds is 7. The van der Waals surface area contributed by atoms with Gasteiger partial charge in [-0.05, 0) is 73.0 Å². The Labute approximate surface area is 196 Å². The molecule has 2 N–H and O–H groups in total. The first-order valence-corrected chi connectivity index (χ1v) is 11.2. The number of hydrogen-bond acceptors (Lipinski definition) is 4. The maximum atomic E-state index is 13.0. The van der Waals surface area contributed by atoms with Gasteiger partial charge in [-0.15, -0.1) is 11.3 Å². The van der Waals surface area contributed by atoms with Gasteiger partial charge in [0.2, 0.25) is 0 Å². The van der Waals surface area contributed by atoms with Crippen LogP contribution in [0.15, 0.2) is 102 Å². The molecule has 0 aliphatic rings. The highest BCUT2D eigenvalue weighted by atomic mass is 32.1. The van der Waals surface area contributed by atoms with E-state index in [0.717, 1.165) is 16.2 Å². The molecule has 6 heteroatoms. The molecule has 5 nitrogen and oxygen atoms in total. The van der Waals surface area contributed by atoms with E-state index in [-0.39, 0.29) is 11.6 Å². The van der Waals surface area contributed by atoms with Crippen LogP contribution in [0.1, 0.15) is 20.8 Å². The van der Waals surface area contributed by atoms with Gasteiger partial charge >= 0.3 is 0 Å². The summed E-state index contributed by atoms with van der Waals surface area (Å²) in [6.45, 7) is 1.91. The maximum absolute atomic E-state index is 13.0. The molecule has 33 heavy (non-hydrogen) atoms. The Balaban J connectivity index is 1.49. The molecule has 2 amide bonds. The van der Waals surface area contributed by atoms with Crippen LogP contribution in [0.25, 0.3) is 6.08 Å². The zero-order valence-electron chi connectivity index (χ0n) is 17.9. The van der Waals surface area contributed by atoms with E-state index < -0.39 is 5.91 Å². The summed E-state index contributed by atoms with van der Waals surface area (Å²) in [5.41, 5.74) is 2.20. The SMILES string of the molecule is Cc1cccc(C(=O)N/C(=C\c2cccs2)C(=O)Nc2ccc(Oc3ccccc3)cc2)c1. The third-order valence-corrected chi connectivity index (χ3v) is 5.51. The molecule has 0 aliphatic heterocycles. The highest BCUT2D eigenvalue weighted by Gasteiger charge is 2.15. The number of para-hydroxylation sites is 1. The first kappa shape index (κ1) is 22.0. The number of amides is 2. The number of hydrogen-bond donors (Lipinski definition) is 2. The fourth-order valence-corrected chi connectivity index (χ4v) is 3.74. The summed E-state index contributed by atoms with van der Waals surface area (Å²) < 4.78 is 5.79. The van der Waals surface area contributed by atoms with Gasteiger partial charge in [0.1, 0.15) is 17.2 Å². The summed E-state index contributed by atoms with van der Waals surface area (Å²) in [6.07, 6.45) is 1.67. The Bertz CT molecular complexity index is 1260.